The van der Waals surface area contributed by atoms with E-state index in [0.717, 1.165) is 29.7 Å². The van der Waals surface area contributed by atoms with Gasteiger partial charge in [-0.05, 0) is 50.3 Å². The Balaban J connectivity index is 1.44. The van der Waals surface area contributed by atoms with Crippen LogP contribution in [0.2, 0.25) is 0 Å². The van der Waals surface area contributed by atoms with E-state index in [-0.39, 0.29) is 12.0 Å². The summed E-state index contributed by atoms with van der Waals surface area (Å²) in [4.78, 5) is 15.7. The lowest BCUT2D eigenvalue weighted by atomic mass is 9.87. The summed E-state index contributed by atoms with van der Waals surface area (Å²) >= 11 is 0. The zero-order valence-corrected chi connectivity index (χ0v) is 15.4. The van der Waals surface area contributed by atoms with E-state index < -0.39 is 5.97 Å². The predicted octanol–water partition coefficient (Wildman–Crippen LogP) is 4.75. The molecule has 27 heavy (non-hydrogen) atoms. The molecule has 4 rings (SSSR count). The Hall–Kier alpha value is -2.82. The largest absolute Gasteiger partial charge is 0.490 e. The third-order valence-corrected chi connectivity index (χ3v) is 5.17. The zero-order valence-electron chi connectivity index (χ0n) is 15.4. The summed E-state index contributed by atoms with van der Waals surface area (Å²) in [6.07, 6.45) is 3.61. The first-order valence-corrected chi connectivity index (χ1v) is 9.41. The Labute approximate surface area is 158 Å². The highest BCUT2D eigenvalue weighted by atomic mass is 16.5. The van der Waals surface area contributed by atoms with E-state index >= 15 is 0 Å². The smallest absolute Gasteiger partial charge is 0.306 e. The molecule has 0 unspecified atom stereocenters. The second kappa shape index (κ2) is 7.43. The highest BCUT2D eigenvalue weighted by Crippen LogP contribution is 2.29. The van der Waals surface area contributed by atoms with Gasteiger partial charge < -0.3 is 14.3 Å². The molecule has 1 saturated carbocycles. The summed E-state index contributed by atoms with van der Waals surface area (Å²) in [5.74, 6) is 0.525. The summed E-state index contributed by atoms with van der Waals surface area (Å²) in [6.45, 7) is 2.07. The molecule has 1 aliphatic carbocycles. The summed E-state index contributed by atoms with van der Waals surface area (Å²) in [5.41, 5.74) is 3.93. The molecule has 5 nitrogen and oxygen atoms in total. The SMILES string of the molecule is Cc1cccc(Cc2nc3cc(OC4CCC(C(=O)O)CC4)ccc3o2)c1. The molecule has 1 aromatic heterocycles. The number of carbonyl (C=O) groups is 1. The number of nitrogens with zero attached hydrogens (tertiary/aromatic N) is 1. The van der Waals surface area contributed by atoms with Gasteiger partial charge in [-0.15, -0.1) is 0 Å². The number of fused-ring (bicyclic) bond motifs is 1. The van der Waals surface area contributed by atoms with Crippen LogP contribution in [0.1, 0.15) is 42.7 Å². The molecule has 1 N–H and O–H groups in total. The quantitative estimate of drug-likeness (QED) is 0.706. The van der Waals surface area contributed by atoms with E-state index in [0.29, 0.717) is 25.2 Å². The van der Waals surface area contributed by atoms with Gasteiger partial charge in [-0.3, -0.25) is 4.79 Å². The minimum absolute atomic E-state index is 0.0664. The highest BCUT2D eigenvalue weighted by Gasteiger charge is 2.27. The summed E-state index contributed by atoms with van der Waals surface area (Å²) in [5, 5.41) is 9.10. The van der Waals surface area contributed by atoms with Crippen molar-refractivity contribution in [2.45, 2.75) is 45.1 Å². The number of benzene rings is 2. The number of rotatable bonds is 5. The van der Waals surface area contributed by atoms with E-state index in [1.54, 1.807) is 0 Å². The number of aromatic nitrogens is 1. The van der Waals surface area contributed by atoms with Crippen LogP contribution in [0.3, 0.4) is 0 Å². The molecule has 0 amide bonds. The van der Waals surface area contributed by atoms with Crippen LogP contribution in [-0.4, -0.2) is 22.2 Å². The first kappa shape index (κ1) is 17.6. The first-order chi connectivity index (χ1) is 13.1. The predicted molar refractivity (Wildman–Crippen MR) is 102 cm³/mol. The molecular formula is C22H23NO4. The van der Waals surface area contributed by atoms with E-state index in [2.05, 4.69) is 30.1 Å². The number of oxazole rings is 1. The Kier molecular flexibility index (Phi) is 4.84. The number of carboxylic acids is 1. The molecule has 3 aromatic rings. The minimum Gasteiger partial charge on any atom is -0.490 e. The Morgan fingerprint density at radius 2 is 2.00 bits per heavy atom. The number of aryl methyl sites for hydroxylation is 1. The van der Waals surface area contributed by atoms with Gasteiger partial charge in [0.2, 0.25) is 0 Å². The molecule has 2 aromatic carbocycles. The molecule has 0 saturated heterocycles. The van der Waals surface area contributed by atoms with Gasteiger partial charge in [0.1, 0.15) is 11.3 Å². The summed E-state index contributed by atoms with van der Waals surface area (Å²) < 4.78 is 11.9. The second-order valence-electron chi connectivity index (χ2n) is 7.33. The molecular weight excluding hydrogens is 342 g/mol. The van der Waals surface area contributed by atoms with Gasteiger partial charge >= 0.3 is 5.97 Å². The average Bonchev–Trinajstić information content (AvgIpc) is 3.03. The summed E-state index contributed by atoms with van der Waals surface area (Å²) in [6, 6.07) is 14.0. The number of ether oxygens (including phenoxy) is 1. The Morgan fingerprint density at radius 3 is 2.74 bits per heavy atom. The molecule has 1 aliphatic rings. The van der Waals surface area contributed by atoms with Crippen LogP contribution >= 0.6 is 0 Å². The molecule has 1 heterocycles. The van der Waals surface area contributed by atoms with Crippen molar-refractivity contribution in [3.8, 4) is 5.75 Å². The zero-order chi connectivity index (χ0) is 18.8. The minimum atomic E-state index is -0.696. The highest BCUT2D eigenvalue weighted by molar-refractivity contribution is 5.74. The Bertz CT molecular complexity index is 954. The van der Waals surface area contributed by atoms with Gasteiger partial charge in [0.05, 0.1) is 12.0 Å². The van der Waals surface area contributed by atoms with Crippen molar-refractivity contribution in [3.63, 3.8) is 0 Å². The average molecular weight is 365 g/mol. The van der Waals surface area contributed by atoms with Crippen LogP contribution in [0.25, 0.3) is 11.1 Å². The maximum Gasteiger partial charge on any atom is 0.306 e. The van der Waals surface area contributed by atoms with Crippen molar-refractivity contribution in [2.24, 2.45) is 5.92 Å². The van der Waals surface area contributed by atoms with Crippen molar-refractivity contribution >= 4 is 17.1 Å². The van der Waals surface area contributed by atoms with Crippen LogP contribution in [-0.2, 0) is 11.2 Å². The number of carboxylic acid groups (broad SMARTS) is 1. The van der Waals surface area contributed by atoms with Crippen molar-refractivity contribution in [2.75, 3.05) is 0 Å². The van der Waals surface area contributed by atoms with Crippen molar-refractivity contribution < 1.29 is 19.1 Å². The normalized spacial score (nSPS) is 19.9. The van der Waals surface area contributed by atoms with Crippen LogP contribution in [0.4, 0.5) is 0 Å². The number of aliphatic carboxylic acids is 1. The third-order valence-electron chi connectivity index (χ3n) is 5.17. The van der Waals surface area contributed by atoms with E-state index in [1.807, 2.05) is 24.3 Å². The van der Waals surface area contributed by atoms with Crippen molar-refractivity contribution in [1.82, 2.24) is 4.98 Å². The molecule has 0 atom stereocenters. The van der Waals surface area contributed by atoms with Gasteiger partial charge in [-0.2, -0.15) is 0 Å². The van der Waals surface area contributed by atoms with Crippen molar-refractivity contribution in [1.29, 1.82) is 0 Å². The fourth-order valence-electron chi connectivity index (χ4n) is 3.72. The van der Waals surface area contributed by atoms with Crippen LogP contribution in [0.15, 0.2) is 46.9 Å². The maximum atomic E-state index is 11.1. The topological polar surface area (TPSA) is 72.6 Å². The third kappa shape index (κ3) is 4.13. The lowest BCUT2D eigenvalue weighted by molar-refractivity contribution is -0.143. The van der Waals surface area contributed by atoms with Crippen molar-refractivity contribution in [3.05, 3.63) is 59.5 Å². The molecule has 140 valence electrons. The Morgan fingerprint density at radius 1 is 1.19 bits per heavy atom. The van der Waals surface area contributed by atoms with Crippen LogP contribution in [0, 0.1) is 12.8 Å². The molecule has 1 fully saturated rings. The maximum absolute atomic E-state index is 11.1. The molecule has 5 heteroatoms. The van der Waals surface area contributed by atoms with Gasteiger partial charge in [-0.1, -0.05) is 29.8 Å². The van der Waals surface area contributed by atoms with Gasteiger partial charge in [0.25, 0.3) is 0 Å². The molecule has 0 spiro atoms. The summed E-state index contributed by atoms with van der Waals surface area (Å²) in [7, 11) is 0. The van der Waals surface area contributed by atoms with Crippen LogP contribution < -0.4 is 4.74 Å². The number of hydrogen-bond acceptors (Lipinski definition) is 4. The second-order valence-corrected chi connectivity index (χ2v) is 7.33. The lowest BCUT2D eigenvalue weighted by Crippen LogP contribution is -2.27. The van der Waals surface area contributed by atoms with E-state index in [9.17, 15) is 4.79 Å². The molecule has 0 aliphatic heterocycles. The van der Waals surface area contributed by atoms with E-state index in [1.165, 1.54) is 11.1 Å². The fourth-order valence-corrected chi connectivity index (χ4v) is 3.72. The van der Waals surface area contributed by atoms with Crippen LogP contribution in [0.5, 0.6) is 5.75 Å². The first-order valence-electron chi connectivity index (χ1n) is 9.41. The van der Waals surface area contributed by atoms with E-state index in [4.69, 9.17) is 14.3 Å². The standard InChI is InChI=1S/C22H23NO4/c1-14-3-2-4-15(11-14)12-21-23-19-13-18(9-10-20(19)27-21)26-17-7-5-16(6-8-17)22(24)25/h2-4,9-11,13,16-17H,5-8,12H2,1H3,(H,24,25). The number of hydrogen-bond donors (Lipinski definition) is 1. The molecule has 0 bridgehead atoms. The fraction of sp³-hybridized carbons (Fsp3) is 0.364. The monoisotopic (exact) mass is 365 g/mol. The van der Waals surface area contributed by atoms with Gasteiger partial charge in [-0.25, -0.2) is 4.98 Å². The molecule has 0 radical (unpaired) electrons. The van der Waals surface area contributed by atoms with Gasteiger partial charge in [0, 0.05) is 12.5 Å². The van der Waals surface area contributed by atoms with Gasteiger partial charge in [0.15, 0.2) is 11.5 Å². The lowest BCUT2D eigenvalue weighted by Gasteiger charge is -2.26.